The summed E-state index contributed by atoms with van der Waals surface area (Å²) >= 11 is 5.89. The maximum Gasteiger partial charge on any atom is 0.271 e. The van der Waals surface area contributed by atoms with Gasteiger partial charge in [-0.05, 0) is 19.1 Å². The molecule has 0 aliphatic rings. The van der Waals surface area contributed by atoms with Crippen LogP contribution in [-0.4, -0.2) is 20.9 Å². The van der Waals surface area contributed by atoms with E-state index in [1.165, 1.54) is 12.1 Å². The number of nitrogens with two attached hydrogens (primary N) is 1. The molecule has 2 rings (SSSR count). The predicted molar refractivity (Wildman–Crippen MR) is 71.6 cm³/mol. The third-order valence-electron chi connectivity index (χ3n) is 2.35. The van der Waals surface area contributed by atoms with Gasteiger partial charge >= 0.3 is 0 Å². The van der Waals surface area contributed by atoms with Crippen molar-refractivity contribution in [3.63, 3.8) is 0 Å². The summed E-state index contributed by atoms with van der Waals surface area (Å²) in [6.45, 7) is 2.09. The summed E-state index contributed by atoms with van der Waals surface area (Å²) in [6.07, 6.45) is 3.23. The molecule has 0 fully saturated rings. The van der Waals surface area contributed by atoms with E-state index in [4.69, 9.17) is 17.3 Å². The molecule has 0 atom stereocenters. The van der Waals surface area contributed by atoms with Crippen molar-refractivity contribution in [2.75, 3.05) is 5.73 Å². The minimum atomic E-state index is -0.403. The van der Waals surface area contributed by atoms with E-state index in [2.05, 4.69) is 20.3 Å². The second-order valence-electron chi connectivity index (χ2n) is 3.90. The first-order valence-corrected chi connectivity index (χ1v) is 5.92. The molecular weight excluding hydrogens is 266 g/mol. The molecule has 0 unspecified atom stereocenters. The Labute approximate surface area is 115 Å². The van der Waals surface area contributed by atoms with Crippen LogP contribution in [0, 0.1) is 6.92 Å². The fourth-order valence-electron chi connectivity index (χ4n) is 1.38. The normalized spacial score (nSPS) is 10.2. The van der Waals surface area contributed by atoms with Crippen molar-refractivity contribution in [2.24, 2.45) is 0 Å². The van der Waals surface area contributed by atoms with Crippen LogP contribution in [0.25, 0.3) is 0 Å². The van der Waals surface area contributed by atoms with Gasteiger partial charge in [0.25, 0.3) is 5.91 Å². The number of aryl methyl sites for hydroxylation is 1. The minimum absolute atomic E-state index is 0.0988. The molecule has 0 saturated heterocycles. The average molecular weight is 278 g/mol. The molecule has 0 aliphatic carbocycles. The average Bonchev–Trinajstić information content (AvgIpc) is 2.40. The quantitative estimate of drug-likeness (QED) is 0.883. The number of pyridine rings is 1. The zero-order chi connectivity index (χ0) is 13.8. The predicted octanol–water partition coefficient (Wildman–Crippen LogP) is 1.35. The van der Waals surface area contributed by atoms with Crippen LogP contribution < -0.4 is 11.1 Å². The smallest absolute Gasteiger partial charge is 0.271 e. The van der Waals surface area contributed by atoms with E-state index < -0.39 is 5.91 Å². The highest BCUT2D eigenvalue weighted by atomic mass is 35.5. The highest BCUT2D eigenvalue weighted by Crippen LogP contribution is 2.15. The van der Waals surface area contributed by atoms with Crippen LogP contribution in [-0.2, 0) is 6.54 Å². The van der Waals surface area contributed by atoms with Crippen LogP contribution in [0.3, 0.4) is 0 Å². The van der Waals surface area contributed by atoms with Crippen LogP contribution in [0.2, 0.25) is 5.02 Å². The van der Waals surface area contributed by atoms with Crippen LogP contribution in [0.5, 0.6) is 0 Å². The van der Waals surface area contributed by atoms with Gasteiger partial charge in [0.1, 0.15) is 11.5 Å². The Morgan fingerprint density at radius 3 is 2.84 bits per heavy atom. The second kappa shape index (κ2) is 5.62. The van der Waals surface area contributed by atoms with E-state index in [9.17, 15) is 4.79 Å². The number of carbonyl (C=O) groups excluding carboxylic acids is 1. The van der Waals surface area contributed by atoms with E-state index in [1.54, 1.807) is 12.4 Å². The van der Waals surface area contributed by atoms with Gasteiger partial charge in [0.05, 0.1) is 29.2 Å². The summed E-state index contributed by atoms with van der Waals surface area (Å²) in [5.74, 6) is -0.163. The van der Waals surface area contributed by atoms with Crippen LogP contribution in [0.15, 0.2) is 24.5 Å². The number of hydrogen-bond acceptors (Lipinski definition) is 5. The highest BCUT2D eigenvalue weighted by molar-refractivity contribution is 6.33. The standard InChI is InChI=1S/C12H12ClN5O/c1-7-4-16-8(5-15-7)6-17-12(19)11-9(13)2-3-10(14)18-11/h2-5H,6H2,1H3,(H2,14,18)(H,17,19). The number of anilines is 1. The van der Waals surface area contributed by atoms with E-state index in [0.29, 0.717) is 5.69 Å². The topological polar surface area (TPSA) is 93.8 Å². The number of nitrogens with one attached hydrogen (secondary N) is 1. The summed E-state index contributed by atoms with van der Waals surface area (Å²) < 4.78 is 0. The molecule has 0 aromatic carbocycles. The Kier molecular flexibility index (Phi) is 3.91. The van der Waals surface area contributed by atoms with Crippen molar-refractivity contribution in [3.05, 3.63) is 46.6 Å². The van der Waals surface area contributed by atoms with Gasteiger partial charge in [-0.25, -0.2) is 4.98 Å². The van der Waals surface area contributed by atoms with Gasteiger partial charge in [0.15, 0.2) is 0 Å². The summed E-state index contributed by atoms with van der Waals surface area (Å²) in [6, 6.07) is 3.06. The summed E-state index contributed by atoms with van der Waals surface area (Å²) in [4.78, 5) is 24.0. The number of amides is 1. The minimum Gasteiger partial charge on any atom is -0.384 e. The van der Waals surface area contributed by atoms with Crippen molar-refractivity contribution < 1.29 is 4.79 Å². The van der Waals surface area contributed by atoms with E-state index in [1.807, 2.05) is 6.92 Å². The fourth-order valence-corrected chi connectivity index (χ4v) is 1.57. The molecule has 0 radical (unpaired) electrons. The highest BCUT2D eigenvalue weighted by Gasteiger charge is 2.12. The maximum absolute atomic E-state index is 11.9. The Morgan fingerprint density at radius 2 is 2.16 bits per heavy atom. The second-order valence-corrected chi connectivity index (χ2v) is 4.31. The van der Waals surface area contributed by atoms with Crippen molar-refractivity contribution in [1.29, 1.82) is 0 Å². The lowest BCUT2D eigenvalue weighted by molar-refractivity contribution is 0.0945. The van der Waals surface area contributed by atoms with Crippen LogP contribution in [0.4, 0.5) is 5.82 Å². The molecule has 6 nitrogen and oxygen atoms in total. The zero-order valence-electron chi connectivity index (χ0n) is 10.2. The van der Waals surface area contributed by atoms with Gasteiger partial charge in [-0.2, -0.15) is 0 Å². The fraction of sp³-hybridized carbons (Fsp3) is 0.167. The van der Waals surface area contributed by atoms with Gasteiger partial charge in [-0.1, -0.05) is 11.6 Å². The van der Waals surface area contributed by atoms with Crippen molar-refractivity contribution >= 4 is 23.3 Å². The molecular formula is C12H12ClN5O. The summed E-state index contributed by atoms with van der Waals surface area (Å²) in [7, 11) is 0. The van der Waals surface area contributed by atoms with Crippen molar-refractivity contribution in [2.45, 2.75) is 13.5 Å². The van der Waals surface area contributed by atoms with E-state index in [-0.39, 0.29) is 23.1 Å². The number of carbonyl (C=O) groups is 1. The molecule has 2 aromatic rings. The number of nitrogens with zero attached hydrogens (tertiary/aromatic N) is 3. The molecule has 7 heteroatoms. The molecule has 19 heavy (non-hydrogen) atoms. The molecule has 2 aromatic heterocycles. The summed E-state index contributed by atoms with van der Waals surface area (Å²) in [5.41, 5.74) is 7.08. The monoisotopic (exact) mass is 277 g/mol. The van der Waals surface area contributed by atoms with Crippen molar-refractivity contribution in [1.82, 2.24) is 20.3 Å². The number of hydrogen-bond donors (Lipinski definition) is 2. The van der Waals surface area contributed by atoms with Crippen LogP contribution >= 0.6 is 11.6 Å². The van der Waals surface area contributed by atoms with Gasteiger partial charge < -0.3 is 11.1 Å². The SMILES string of the molecule is Cc1cnc(CNC(=O)c2nc(N)ccc2Cl)cn1. The Bertz CT molecular complexity index is 600. The first-order valence-electron chi connectivity index (χ1n) is 5.54. The first-order chi connectivity index (χ1) is 9.06. The first kappa shape index (κ1) is 13.2. The van der Waals surface area contributed by atoms with Gasteiger partial charge in [-0.3, -0.25) is 14.8 Å². The number of nitrogen functional groups attached to an aromatic ring is 1. The van der Waals surface area contributed by atoms with E-state index in [0.717, 1.165) is 5.69 Å². The number of rotatable bonds is 3. The van der Waals surface area contributed by atoms with Gasteiger partial charge in [0, 0.05) is 6.20 Å². The largest absolute Gasteiger partial charge is 0.384 e. The third-order valence-corrected chi connectivity index (χ3v) is 2.65. The molecule has 3 N–H and O–H groups in total. The lowest BCUT2D eigenvalue weighted by Gasteiger charge is -2.06. The van der Waals surface area contributed by atoms with Crippen LogP contribution in [0.1, 0.15) is 21.9 Å². The molecule has 0 bridgehead atoms. The summed E-state index contributed by atoms with van der Waals surface area (Å²) in [5, 5.41) is 2.91. The maximum atomic E-state index is 11.9. The van der Waals surface area contributed by atoms with E-state index >= 15 is 0 Å². The Balaban J connectivity index is 2.05. The Morgan fingerprint density at radius 1 is 1.37 bits per heavy atom. The molecule has 2 heterocycles. The Hall–Kier alpha value is -2.21. The molecule has 0 spiro atoms. The molecule has 0 saturated carbocycles. The third kappa shape index (κ3) is 3.38. The van der Waals surface area contributed by atoms with Gasteiger partial charge in [0.2, 0.25) is 0 Å². The molecule has 0 aliphatic heterocycles. The molecule has 98 valence electrons. The number of aromatic nitrogens is 3. The number of halogens is 1. The lowest BCUT2D eigenvalue weighted by atomic mass is 10.3. The van der Waals surface area contributed by atoms with Crippen molar-refractivity contribution in [3.8, 4) is 0 Å². The zero-order valence-corrected chi connectivity index (χ0v) is 11.0. The van der Waals surface area contributed by atoms with Gasteiger partial charge in [-0.15, -0.1) is 0 Å². The lowest BCUT2D eigenvalue weighted by Crippen LogP contribution is -2.25. The molecule has 1 amide bonds.